The summed E-state index contributed by atoms with van der Waals surface area (Å²) in [5.41, 5.74) is 10.9. The van der Waals surface area contributed by atoms with Gasteiger partial charge in [0.2, 0.25) is 0 Å². The lowest BCUT2D eigenvalue weighted by Gasteiger charge is -2.07. The van der Waals surface area contributed by atoms with Gasteiger partial charge in [-0.2, -0.15) is 0 Å². The molecule has 6 heteroatoms. The average Bonchev–Trinajstić information content (AvgIpc) is 2.34. The van der Waals surface area contributed by atoms with Crippen molar-refractivity contribution in [3.05, 3.63) is 52.8 Å². The minimum Gasteiger partial charge on any atom is -0.398 e. The van der Waals surface area contributed by atoms with E-state index in [-0.39, 0.29) is 16.1 Å². The molecule has 2 aromatic carbocycles. The van der Waals surface area contributed by atoms with Gasteiger partial charge in [-0.3, -0.25) is 4.79 Å². The van der Waals surface area contributed by atoms with Crippen LogP contribution in [0.25, 0.3) is 0 Å². The lowest BCUT2D eigenvalue weighted by molar-refractivity contribution is 0.100. The van der Waals surface area contributed by atoms with Crippen LogP contribution < -0.4 is 11.5 Å². The highest BCUT2D eigenvalue weighted by molar-refractivity contribution is 7.99. The number of hydrogen-bond donors (Lipinski definition) is 2. The second-order valence-corrected chi connectivity index (χ2v) is 5.34. The van der Waals surface area contributed by atoms with Crippen LogP contribution in [-0.4, -0.2) is 5.91 Å². The van der Waals surface area contributed by atoms with Gasteiger partial charge in [0.05, 0.1) is 5.56 Å². The SMILES string of the molecule is NC(=O)c1cc(Sc2ccc(Cl)cc2)c(F)cc1N. The third-order valence-electron chi connectivity index (χ3n) is 2.41. The summed E-state index contributed by atoms with van der Waals surface area (Å²) in [4.78, 5) is 12.3. The fourth-order valence-corrected chi connectivity index (χ4v) is 2.48. The summed E-state index contributed by atoms with van der Waals surface area (Å²) >= 11 is 6.94. The molecule has 0 unspecified atom stereocenters. The maximum Gasteiger partial charge on any atom is 0.250 e. The summed E-state index contributed by atoms with van der Waals surface area (Å²) in [6.45, 7) is 0. The number of primary amides is 1. The molecule has 0 saturated carbocycles. The minimum atomic E-state index is -0.685. The Labute approximate surface area is 118 Å². The van der Waals surface area contributed by atoms with Crippen molar-refractivity contribution in [2.24, 2.45) is 5.73 Å². The topological polar surface area (TPSA) is 69.1 Å². The van der Waals surface area contributed by atoms with E-state index in [1.165, 1.54) is 17.8 Å². The van der Waals surface area contributed by atoms with Crippen LogP contribution in [0, 0.1) is 5.82 Å². The Bertz CT molecular complexity index is 631. The Morgan fingerprint density at radius 3 is 2.42 bits per heavy atom. The summed E-state index contributed by atoms with van der Waals surface area (Å²) in [5, 5.41) is 0.597. The van der Waals surface area contributed by atoms with Crippen molar-refractivity contribution in [3.63, 3.8) is 0 Å². The van der Waals surface area contributed by atoms with E-state index < -0.39 is 11.7 Å². The normalized spacial score (nSPS) is 10.4. The quantitative estimate of drug-likeness (QED) is 0.854. The van der Waals surface area contributed by atoms with E-state index in [1.54, 1.807) is 24.3 Å². The molecule has 0 atom stereocenters. The van der Waals surface area contributed by atoms with Crippen LogP contribution in [0.1, 0.15) is 10.4 Å². The molecule has 2 rings (SSSR count). The molecule has 1 amide bonds. The third-order valence-corrected chi connectivity index (χ3v) is 3.70. The molecule has 0 radical (unpaired) electrons. The van der Waals surface area contributed by atoms with Gasteiger partial charge < -0.3 is 11.5 Å². The lowest BCUT2D eigenvalue weighted by atomic mass is 10.1. The molecule has 4 N–H and O–H groups in total. The van der Waals surface area contributed by atoms with E-state index in [0.717, 1.165) is 11.0 Å². The van der Waals surface area contributed by atoms with Gasteiger partial charge in [-0.15, -0.1) is 0 Å². The molecule has 0 fully saturated rings. The molecule has 0 spiro atoms. The highest BCUT2D eigenvalue weighted by Gasteiger charge is 2.12. The monoisotopic (exact) mass is 296 g/mol. The smallest absolute Gasteiger partial charge is 0.250 e. The molecule has 0 bridgehead atoms. The number of rotatable bonds is 3. The number of carbonyl (C=O) groups is 1. The Kier molecular flexibility index (Phi) is 3.97. The predicted octanol–water partition coefficient (Wildman–Crippen LogP) is 3.31. The number of hydrogen-bond acceptors (Lipinski definition) is 3. The van der Waals surface area contributed by atoms with Crippen LogP contribution in [-0.2, 0) is 0 Å². The molecular formula is C13H10ClFN2OS. The average molecular weight is 297 g/mol. The molecule has 19 heavy (non-hydrogen) atoms. The highest BCUT2D eigenvalue weighted by atomic mass is 35.5. The zero-order chi connectivity index (χ0) is 14.0. The second kappa shape index (κ2) is 5.50. The predicted molar refractivity (Wildman–Crippen MR) is 74.9 cm³/mol. The van der Waals surface area contributed by atoms with Crippen LogP contribution in [0.2, 0.25) is 5.02 Å². The van der Waals surface area contributed by atoms with Gasteiger partial charge in [0.1, 0.15) is 5.82 Å². The molecule has 3 nitrogen and oxygen atoms in total. The zero-order valence-electron chi connectivity index (χ0n) is 9.69. The number of carbonyl (C=O) groups excluding carboxylic acids is 1. The van der Waals surface area contributed by atoms with Crippen LogP contribution in [0.15, 0.2) is 46.2 Å². The molecule has 0 heterocycles. The molecule has 0 aliphatic carbocycles. The van der Waals surface area contributed by atoms with Gasteiger partial charge in [0.25, 0.3) is 5.91 Å². The molecule has 2 aromatic rings. The molecule has 98 valence electrons. The molecule has 0 aromatic heterocycles. The van der Waals surface area contributed by atoms with Gasteiger partial charge in [-0.05, 0) is 36.4 Å². The number of nitrogens with two attached hydrogens (primary N) is 2. The molecular weight excluding hydrogens is 287 g/mol. The maximum atomic E-state index is 13.8. The second-order valence-electron chi connectivity index (χ2n) is 3.79. The Morgan fingerprint density at radius 2 is 1.84 bits per heavy atom. The van der Waals surface area contributed by atoms with E-state index in [0.29, 0.717) is 5.02 Å². The minimum absolute atomic E-state index is 0.0328. The van der Waals surface area contributed by atoms with Gasteiger partial charge in [-0.1, -0.05) is 23.4 Å². The van der Waals surface area contributed by atoms with Crippen molar-refractivity contribution in [1.29, 1.82) is 0 Å². The van der Waals surface area contributed by atoms with Gasteiger partial charge in [0, 0.05) is 20.5 Å². The summed E-state index contributed by atoms with van der Waals surface area (Å²) in [6.07, 6.45) is 0. The Morgan fingerprint density at radius 1 is 1.21 bits per heavy atom. The molecule has 0 aliphatic heterocycles. The van der Waals surface area contributed by atoms with Gasteiger partial charge in [-0.25, -0.2) is 4.39 Å². The van der Waals surface area contributed by atoms with Crippen LogP contribution in [0.5, 0.6) is 0 Å². The largest absolute Gasteiger partial charge is 0.398 e. The van der Waals surface area contributed by atoms with Crippen molar-refractivity contribution >= 4 is 35.0 Å². The Hall–Kier alpha value is -1.72. The van der Waals surface area contributed by atoms with Crippen LogP contribution in [0.3, 0.4) is 0 Å². The first kappa shape index (κ1) is 13.7. The maximum absolute atomic E-state index is 13.8. The molecule has 0 aliphatic rings. The number of anilines is 1. The molecule has 0 saturated heterocycles. The first-order valence-electron chi connectivity index (χ1n) is 5.29. The van der Waals surface area contributed by atoms with Crippen molar-refractivity contribution in [3.8, 4) is 0 Å². The van der Waals surface area contributed by atoms with E-state index in [2.05, 4.69) is 0 Å². The van der Waals surface area contributed by atoms with E-state index in [1.807, 2.05) is 0 Å². The summed E-state index contributed by atoms with van der Waals surface area (Å²) in [7, 11) is 0. The first-order chi connectivity index (χ1) is 8.97. The van der Waals surface area contributed by atoms with Crippen molar-refractivity contribution < 1.29 is 9.18 Å². The fourth-order valence-electron chi connectivity index (χ4n) is 1.49. The van der Waals surface area contributed by atoms with Crippen molar-refractivity contribution in [1.82, 2.24) is 0 Å². The Balaban J connectivity index is 2.37. The van der Waals surface area contributed by atoms with E-state index >= 15 is 0 Å². The van der Waals surface area contributed by atoms with E-state index in [4.69, 9.17) is 23.1 Å². The van der Waals surface area contributed by atoms with Crippen molar-refractivity contribution in [2.75, 3.05) is 5.73 Å². The summed E-state index contributed by atoms with van der Waals surface area (Å²) in [6, 6.07) is 9.37. The number of amides is 1. The van der Waals surface area contributed by atoms with Crippen LogP contribution >= 0.6 is 23.4 Å². The van der Waals surface area contributed by atoms with Crippen molar-refractivity contribution in [2.45, 2.75) is 9.79 Å². The van der Waals surface area contributed by atoms with Gasteiger partial charge in [0.15, 0.2) is 0 Å². The number of halogens is 2. The summed E-state index contributed by atoms with van der Waals surface area (Å²) < 4.78 is 13.8. The number of benzene rings is 2. The highest BCUT2D eigenvalue weighted by Crippen LogP contribution is 2.32. The standard InChI is InChI=1S/C13H10ClFN2OS/c14-7-1-3-8(4-2-7)19-12-5-9(13(17)18)11(16)6-10(12)15/h1-6H,16H2,(H2,17,18). The fraction of sp³-hybridized carbons (Fsp3) is 0. The van der Waals surface area contributed by atoms with E-state index in [9.17, 15) is 9.18 Å². The third kappa shape index (κ3) is 3.19. The zero-order valence-corrected chi connectivity index (χ0v) is 11.3. The van der Waals surface area contributed by atoms with Gasteiger partial charge >= 0.3 is 0 Å². The van der Waals surface area contributed by atoms with Crippen LogP contribution in [0.4, 0.5) is 10.1 Å². The number of nitrogen functional groups attached to an aromatic ring is 1. The summed E-state index contributed by atoms with van der Waals surface area (Å²) in [5.74, 6) is -1.18. The lowest BCUT2D eigenvalue weighted by Crippen LogP contribution is -2.14. The first-order valence-corrected chi connectivity index (χ1v) is 6.49.